The number of rotatable bonds is 5. The molecule has 26 heavy (non-hydrogen) atoms. The lowest BCUT2D eigenvalue weighted by Gasteiger charge is -2.26. The van der Waals surface area contributed by atoms with Gasteiger partial charge in [-0.1, -0.05) is 30.3 Å². The van der Waals surface area contributed by atoms with Crippen LogP contribution in [0.1, 0.15) is 17.4 Å². The van der Waals surface area contributed by atoms with Gasteiger partial charge in [-0.2, -0.15) is 0 Å². The van der Waals surface area contributed by atoms with Crippen LogP contribution in [0.4, 0.5) is 4.39 Å². The second-order valence-corrected chi connectivity index (χ2v) is 8.10. The van der Waals surface area contributed by atoms with Gasteiger partial charge in [0, 0.05) is 12.6 Å². The summed E-state index contributed by atoms with van der Waals surface area (Å²) in [6.07, 6.45) is 0. The summed E-state index contributed by atoms with van der Waals surface area (Å²) in [6, 6.07) is 13.2. The summed E-state index contributed by atoms with van der Waals surface area (Å²) in [5.41, 5.74) is 2.05. The van der Waals surface area contributed by atoms with Gasteiger partial charge in [0.2, 0.25) is 10.0 Å². The summed E-state index contributed by atoms with van der Waals surface area (Å²) >= 11 is 0. The molecule has 1 atom stereocenters. The lowest BCUT2D eigenvalue weighted by molar-refractivity contribution is 0.0581. The molecular weight excluding hydrogens is 357 g/mol. The Bertz CT molecular complexity index is 1030. The van der Waals surface area contributed by atoms with Crippen molar-refractivity contribution >= 4 is 21.1 Å². The smallest absolute Gasteiger partial charge is 0.215 e. The lowest BCUT2D eigenvalue weighted by Crippen LogP contribution is -2.36. The number of halogens is 1. The molecule has 4 rings (SSSR count). The molecule has 0 saturated carbocycles. The Morgan fingerprint density at radius 3 is 2.85 bits per heavy atom. The summed E-state index contributed by atoms with van der Waals surface area (Å²) < 4.78 is 48.3. The average Bonchev–Trinajstić information content (AvgIpc) is 2.98. The Kier molecular flexibility index (Phi) is 4.47. The molecule has 2 aromatic carbocycles. The van der Waals surface area contributed by atoms with Crippen molar-refractivity contribution in [3.05, 3.63) is 65.7 Å². The predicted octanol–water partition coefficient (Wildman–Crippen LogP) is 2.37. The third-order valence-electron chi connectivity index (χ3n) is 4.37. The minimum atomic E-state index is -3.48. The monoisotopic (exact) mass is 375 g/mol. The normalized spacial score (nSPS) is 17.3. The van der Waals surface area contributed by atoms with Crippen molar-refractivity contribution in [1.82, 2.24) is 14.3 Å². The quantitative estimate of drug-likeness (QED) is 0.743. The van der Waals surface area contributed by atoms with Gasteiger partial charge in [-0.3, -0.25) is 0 Å². The largest absolute Gasteiger partial charge is 0.371 e. The van der Waals surface area contributed by atoms with Gasteiger partial charge in [-0.15, -0.1) is 0 Å². The molecule has 1 N–H and O–H groups in total. The number of fused-ring (bicyclic) bond motifs is 3. The van der Waals surface area contributed by atoms with Crippen LogP contribution in [0.2, 0.25) is 0 Å². The number of hydrogen-bond donors (Lipinski definition) is 1. The maximum atomic E-state index is 13.4. The summed E-state index contributed by atoms with van der Waals surface area (Å²) in [5, 5.41) is 0. The van der Waals surface area contributed by atoms with Crippen molar-refractivity contribution in [2.45, 2.75) is 18.4 Å². The van der Waals surface area contributed by atoms with Crippen LogP contribution in [0.5, 0.6) is 0 Å². The van der Waals surface area contributed by atoms with Gasteiger partial charge in [-0.05, 0) is 17.7 Å². The number of hydrogen-bond acceptors (Lipinski definition) is 4. The molecular formula is C18H18FN3O3S. The summed E-state index contributed by atoms with van der Waals surface area (Å²) in [6.45, 7) is 0.873. The van der Waals surface area contributed by atoms with Gasteiger partial charge in [-0.25, -0.2) is 22.5 Å². The van der Waals surface area contributed by atoms with Crippen LogP contribution in [0, 0.1) is 5.82 Å². The number of ether oxygens (including phenoxy) is 1. The molecule has 0 aliphatic carbocycles. The first-order valence-corrected chi connectivity index (χ1v) is 9.92. The predicted molar refractivity (Wildman–Crippen MR) is 95.5 cm³/mol. The fraction of sp³-hybridized carbons (Fsp3) is 0.278. The van der Waals surface area contributed by atoms with E-state index >= 15 is 0 Å². The molecule has 0 radical (unpaired) electrons. The Labute approximate surface area is 150 Å². The van der Waals surface area contributed by atoms with Gasteiger partial charge in [0.25, 0.3) is 0 Å². The van der Waals surface area contributed by atoms with E-state index in [0.717, 1.165) is 11.1 Å². The van der Waals surface area contributed by atoms with Crippen molar-refractivity contribution in [2.24, 2.45) is 0 Å². The topological polar surface area (TPSA) is 73.2 Å². The number of sulfonamides is 1. The minimum absolute atomic E-state index is 0.0792. The molecule has 1 aliphatic heterocycles. The molecule has 0 bridgehead atoms. The van der Waals surface area contributed by atoms with Crippen LogP contribution in [-0.2, 0) is 27.1 Å². The van der Waals surface area contributed by atoms with E-state index in [2.05, 4.69) is 9.71 Å². The van der Waals surface area contributed by atoms with Crippen LogP contribution in [0.15, 0.2) is 48.5 Å². The Morgan fingerprint density at radius 2 is 2.04 bits per heavy atom. The van der Waals surface area contributed by atoms with Gasteiger partial charge in [0.1, 0.15) is 18.2 Å². The number of imidazole rings is 1. The zero-order valence-corrected chi connectivity index (χ0v) is 14.7. The number of nitrogens with one attached hydrogen (secondary N) is 1. The van der Waals surface area contributed by atoms with Crippen LogP contribution in [0.25, 0.3) is 11.0 Å². The van der Waals surface area contributed by atoms with Crippen LogP contribution in [-0.4, -0.2) is 31.1 Å². The highest BCUT2D eigenvalue weighted by molar-refractivity contribution is 7.88. The molecule has 0 saturated heterocycles. The first-order valence-electron chi connectivity index (χ1n) is 8.27. The highest BCUT2D eigenvalue weighted by atomic mass is 32.2. The minimum Gasteiger partial charge on any atom is -0.371 e. The standard InChI is InChI=1S/C18H18FN3O3S/c19-14-6-7-17-16(8-14)21-18-11-25-10-15(22(17)18)9-20-26(23,24)12-13-4-2-1-3-5-13/h1-8,15,20H,9-12H2. The third-order valence-corrected chi connectivity index (χ3v) is 5.69. The van der Waals surface area contributed by atoms with E-state index in [9.17, 15) is 12.8 Å². The molecule has 8 heteroatoms. The lowest BCUT2D eigenvalue weighted by atomic mass is 10.2. The molecule has 2 heterocycles. The third kappa shape index (κ3) is 3.48. The second kappa shape index (κ2) is 6.79. The maximum Gasteiger partial charge on any atom is 0.215 e. The van der Waals surface area contributed by atoms with E-state index in [-0.39, 0.29) is 24.2 Å². The van der Waals surface area contributed by atoms with E-state index in [1.165, 1.54) is 12.1 Å². The molecule has 6 nitrogen and oxygen atoms in total. The highest BCUT2D eigenvalue weighted by Gasteiger charge is 2.25. The number of aromatic nitrogens is 2. The van der Waals surface area contributed by atoms with Crippen molar-refractivity contribution in [1.29, 1.82) is 0 Å². The van der Waals surface area contributed by atoms with Crippen LogP contribution < -0.4 is 4.72 Å². The molecule has 136 valence electrons. The van der Waals surface area contributed by atoms with Crippen LogP contribution in [0.3, 0.4) is 0 Å². The van der Waals surface area contributed by atoms with Gasteiger partial charge in [0.05, 0.1) is 29.4 Å². The second-order valence-electron chi connectivity index (χ2n) is 6.29. The molecule has 0 spiro atoms. The zero-order chi connectivity index (χ0) is 18.1. The molecule has 1 aliphatic rings. The summed E-state index contributed by atoms with van der Waals surface area (Å²) in [7, 11) is -3.48. The maximum absolute atomic E-state index is 13.4. The molecule has 0 amide bonds. The van der Waals surface area contributed by atoms with Crippen molar-refractivity contribution < 1.29 is 17.5 Å². The first-order chi connectivity index (χ1) is 12.5. The molecule has 3 aromatic rings. The van der Waals surface area contributed by atoms with Crippen molar-refractivity contribution in [2.75, 3.05) is 13.2 Å². The Morgan fingerprint density at radius 1 is 1.23 bits per heavy atom. The fourth-order valence-corrected chi connectivity index (χ4v) is 4.39. The molecule has 0 fully saturated rings. The van der Waals surface area contributed by atoms with Gasteiger partial charge >= 0.3 is 0 Å². The fourth-order valence-electron chi connectivity index (χ4n) is 3.21. The van der Waals surface area contributed by atoms with Gasteiger partial charge < -0.3 is 9.30 Å². The van der Waals surface area contributed by atoms with E-state index in [1.54, 1.807) is 18.2 Å². The Hall–Kier alpha value is -2.29. The van der Waals surface area contributed by atoms with E-state index in [0.29, 0.717) is 24.6 Å². The number of benzene rings is 2. The average molecular weight is 375 g/mol. The van der Waals surface area contributed by atoms with Gasteiger partial charge in [0.15, 0.2) is 0 Å². The van der Waals surface area contributed by atoms with E-state index < -0.39 is 10.0 Å². The first kappa shape index (κ1) is 17.1. The Balaban J connectivity index is 1.54. The van der Waals surface area contributed by atoms with Crippen molar-refractivity contribution in [3.63, 3.8) is 0 Å². The van der Waals surface area contributed by atoms with E-state index in [4.69, 9.17) is 4.74 Å². The molecule has 1 unspecified atom stereocenters. The number of nitrogens with zero attached hydrogens (tertiary/aromatic N) is 2. The summed E-state index contributed by atoms with van der Waals surface area (Å²) in [5.74, 6) is 0.238. The van der Waals surface area contributed by atoms with Crippen LogP contribution >= 0.6 is 0 Å². The van der Waals surface area contributed by atoms with Crippen molar-refractivity contribution in [3.8, 4) is 0 Å². The summed E-state index contributed by atoms with van der Waals surface area (Å²) in [4.78, 5) is 4.40. The van der Waals surface area contributed by atoms with E-state index in [1.807, 2.05) is 22.8 Å². The highest BCUT2D eigenvalue weighted by Crippen LogP contribution is 2.26. The zero-order valence-electron chi connectivity index (χ0n) is 13.9. The molecule has 1 aromatic heterocycles. The SMILES string of the molecule is O=S(=O)(Cc1ccccc1)NCC1COCc2nc3cc(F)ccc3n21.